The number of hydrogen-bond donors (Lipinski definition) is 1. The summed E-state index contributed by atoms with van der Waals surface area (Å²) in [5, 5.41) is 2.64. The van der Waals surface area contributed by atoms with Crippen LogP contribution in [0.4, 0.5) is 4.39 Å². The van der Waals surface area contributed by atoms with Crippen molar-refractivity contribution in [1.82, 2.24) is 5.32 Å². The number of nitrogens with one attached hydrogen (secondary N) is 1. The molecule has 0 aliphatic rings. The molecule has 1 rings (SSSR count). The normalized spacial score (nSPS) is 9.12. The van der Waals surface area contributed by atoms with Crippen LogP contribution in [0.15, 0.2) is 18.2 Å². The number of carbonyl (C=O) groups excluding carboxylic acids is 1. The predicted molar refractivity (Wildman–Crippen MR) is 63.1 cm³/mol. The van der Waals surface area contributed by atoms with Gasteiger partial charge in [0, 0.05) is 26.0 Å². The lowest BCUT2D eigenvalue weighted by Gasteiger charge is -2.02. The summed E-state index contributed by atoms with van der Waals surface area (Å²) in [5.74, 6) is 5.74. The largest absolute Gasteiger partial charge is 0.495 e. The van der Waals surface area contributed by atoms with Gasteiger partial charge in [0.15, 0.2) is 0 Å². The van der Waals surface area contributed by atoms with Gasteiger partial charge in [-0.1, -0.05) is 11.8 Å². The maximum atomic E-state index is 12.9. The monoisotopic (exact) mass is 235 g/mol. The first kappa shape index (κ1) is 13.0. The fourth-order valence-electron chi connectivity index (χ4n) is 1.23. The molecular formula is C13H14FNO2. The molecule has 0 radical (unpaired) electrons. The van der Waals surface area contributed by atoms with Gasteiger partial charge >= 0.3 is 0 Å². The Hall–Kier alpha value is -2.02. The van der Waals surface area contributed by atoms with Gasteiger partial charge < -0.3 is 10.1 Å². The lowest BCUT2D eigenvalue weighted by molar-refractivity contribution is -0.118. The number of carbonyl (C=O) groups is 1. The molecule has 0 heterocycles. The van der Waals surface area contributed by atoms with Crippen LogP contribution in [0.25, 0.3) is 0 Å². The summed E-state index contributed by atoms with van der Waals surface area (Å²) in [5.41, 5.74) is 0.636. The first-order valence-electron chi connectivity index (χ1n) is 5.20. The van der Waals surface area contributed by atoms with Crippen LogP contribution < -0.4 is 10.1 Å². The van der Waals surface area contributed by atoms with Gasteiger partial charge in [0.25, 0.3) is 0 Å². The number of halogens is 1. The number of hydrogen-bond acceptors (Lipinski definition) is 2. The molecule has 0 bridgehead atoms. The Bertz CT molecular complexity index is 460. The Morgan fingerprint density at radius 2 is 2.29 bits per heavy atom. The first-order valence-corrected chi connectivity index (χ1v) is 5.20. The maximum Gasteiger partial charge on any atom is 0.216 e. The van der Waals surface area contributed by atoms with Crippen LogP contribution in [0.5, 0.6) is 5.75 Å². The molecule has 0 aliphatic carbocycles. The second kappa shape index (κ2) is 6.54. The van der Waals surface area contributed by atoms with Crippen molar-refractivity contribution in [1.29, 1.82) is 0 Å². The van der Waals surface area contributed by atoms with Gasteiger partial charge in [-0.3, -0.25) is 4.79 Å². The lowest BCUT2D eigenvalue weighted by atomic mass is 10.2. The average molecular weight is 235 g/mol. The summed E-state index contributed by atoms with van der Waals surface area (Å²) in [4.78, 5) is 10.6. The summed E-state index contributed by atoms with van der Waals surface area (Å²) in [6.45, 7) is 1.96. The summed E-state index contributed by atoms with van der Waals surface area (Å²) in [7, 11) is 1.47. The van der Waals surface area contributed by atoms with Crippen molar-refractivity contribution in [3.05, 3.63) is 29.6 Å². The van der Waals surface area contributed by atoms with Crippen molar-refractivity contribution < 1.29 is 13.9 Å². The zero-order valence-corrected chi connectivity index (χ0v) is 9.84. The SMILES string of the molecule is COc1cc(F)ccc1C#CCCNC(C)=O. The molecule has 90 valence electrons. The van der Waals surface area contributed by atoms with Gasteiger partial charge in [-0.25, -0.2) is 4.39 Å². The molecule has 3 nitrogen and oxygen atoms in total. The second-order valence-electron chi connectivity index (χ2n) is 3.38. The minimum absolute atomic E-state index is 0.0776. The smallest absolute Gasteiger partial charge is 0.216 e. The third-order valence-electron chi connectivity index (χ3n) is 2.01. The van der Waals surface area contributed by atoms with Crippen LogP contribution in [0.2, 0.25) is 0 Å². The first-order chi connectivity index (χ1) is 8.13. The van der Waals surface area contributed by atoms with Crippen LogP contribution in [-0.2, 0) is 4.79 Å². The standard InChI is InChI=1S/C13H14FNO2/c1-10(16)15-8-4-3-5-11-6-7-12(14)9-13(11)17-2/h6-7,9H,4,8H2,1-2H3,(H,15,16). The molecule has 17 heavy (non-hydrogen) atoms. The summed E-state index contributed by atoms with van der Waals surface area (Å²) >= 11 is 0. The molecule has 0 saturated carbocycles. The highest BCUT2D eigenvalue weighted by Crippen LogP contribution is 2.18. The topological polar surface area (TPSA) is 38.3 Å². The highest BCUT2D eigenvalue weighted by atomic mass is 19.1. The van der Waals surface area contributed by atoms with Crippen LogP contribution in [0.1, 0.15) is 18.9 Å². The van der Waals surface area contributed by atoms with Gasteiger partial charge in [0.1, 0.15) is 11.6 Å². The van der Waals surface area contributed by atoms with Crippen molar-refractivity contribution in [3.63, 3.8) is 0 Å². The lowest BCUT2D eigenvalue weighted by Crippen LogP contribution is -2.20. The van der Waals surface area contributed by atoms with Crippen molar-refractivity contribution in [3.8, 4) is 17.6 Å². The zero-order valence-electron chi connectivity index (χ0n) is 9.84. The van der Waals surface area contributed by atoms with Gasteiger partial charge in [0.2, 0.25) is 5.91 Å². The van der Waals surface area contributed by atoms with E-state index in [-0.39, 0.29) is 11.7 Å². The van der Waals surface area contributed by atoms with Crippen LogP contribution in [0.3, 0.4) is 0 Å². The van der Waals surface area contributed by atoms with Crippen molar-refractivity contribution >= 4 is 5.91 Å². The Labute approximate surface area is 100.0 Å². The van der Waals surface area contributed by atoms with Gasteiger partial charge in [0.05, 0.1) is 12.7 Å². The third-order valence-corrected chi connectivity index (χ3v) is 2.01. The summed E-state index contributed by atoms with van der Waals surface area (Å²) in [6.07, 6.45) is 0.542. The van der Waals surface area contributed by atoms with E-state index in [0.29, 0.717) is 24.3 Å². The van der Waals surface area contributed by atoms with Gasteiger partial charge in [-0.05, 0) is 12.1 Å². The van der Waals surface area contributed by atoms with E-state index < -0.39 is 0 Å². The highest BCUT2D eigenvalue weighted by Gasteiger charge is 2.00. The molecule has 0 saturated heterocycles. The van der Waals surface area contributed by atoms with E-state index in [4.69, 9.17) is 4.74 Å². The molecule has 1 N–H and O–H groups in total. The molecule has 0 aromatic heterocycles. The molecule has 1 aromatic rings. The van der Waals surface area contributed by atoms with E-state index in [1.165, 1.54) is 26.2 Å². The zero-order chi connectivity index (χ0) is 12.7. The van der Waals surface area contributed by atoms with Gasteiger partial charge in [-0.15, -0.1) is 0 Å². The fraction of sp³-hybridized carbons (Fsp3) is 0.308. The third kappa shape index (κ3) is 4.56. The van der Waals surface area contributed by atoms with Crippen molar-refractivity contribution in [2.24, 2.45) is 0 Å². The molecular weight excluding hydrogens is 221 g/mol. The number of ether oxygens (including phenoxy) is 1. The molecule has 1 aromatic carbocycles. The molecule has 1 amide bonds. The van der Waals surface area contributed by atoms with Crippen molar-refractivity contribution in [2.75, 3.05) is 13.7 Å². The van der Waals surface area contributed by atoms with Crippen LogP contribution >= 0.6 is 0 Å². The number of rotatable bonds is 3. The van der Waals surface area contributed by atoms with E-state index in [9.17, 15) is 9.18 Å². The Kier molecular flexibility index (Phi) is 5.02. The fourth-order valence-corrected chi connectivity index (χ4v) is 1.23. The predicted octanol–water partition coefficient (Wildman–Crippen LogP) is 1.71. The van der Waals surface area contributed by atoms with E-state index in [1.54, 1.807) is 6.07 Å². The summed E-state index contributed by atoms with van der Waals surface area (Å²) < 4.78 is 17.9. The molecule has 4 heteroatoms. The Balaban J connectivity index is 2.62. The quantitative estimate of drug-likeness (QED) is 0.640. The highest BCUT2D eigenvalue weighted by molar-refractivity contribution is 5.72. The minimum atomic E-state index is -0.356. The van der Waals surface area contributed by atoms with Gasteiger partial charge in [-0.2, -0.15) is 0 Å². The number of methoxy groups -OCH3 is 1. The molecule has 0 aliphatic heterocycles. The van der Waals surface area contributed by atoms with E-state index >= 15 is 0 Å². The minimum Gasteiger partial charge on any atom is -0.495 e. The molecule has 0 spiro atoms. The number of amides is 1. The average Bonchev–Trinajstić information content (AvgIpc) is 2.29. The van der Waals surface area contributed by atoms with E-state index in [1.807, 2.05) is 0 Å². The summed E-state index contributed by atoms with van der Waals surface area (Å²) in [6, 6.07) is 4.19. The number of benzene rings is 1. The van der Waals surface area contributed by atoms with Crippen LogP contribution in [0, 0.1) is 17.7 Å². The van der Waals surface area contributed by atoms with Crippen LogP contribution in [-0.4, -0.2) is 19.6 Å². The Morgan fingerprint density at radius 1 is 1.53 bits per heavy atom. The van der Waals surface area contributed by atoms with E-state index in [2.05, 4.69) is 17.2 Å². The maximum absolute atomic E-state index is 12.9. The molecule has 0 unspecified atom stereocenters. The molecule has 0 fully saturated rings. The Morgan fingerprint density at radius 3 is 2.94 bits per heavy atom. The second-order valence-corrected chi connectivity index (χ2v) is 3.38. The molecule has 0 atom stereocenters. The van der Waals surface area contributed by atoms with Crippen molar-refractivity contribution in [2.45, 2.75) is 13.3 Å². The van der Waals surface area contributed by atoms with E-state index in [0.717, 1.165) is 0 Å².